The van der Waals surface area contributed by atoms with Crippen LogP contribution in [0.2, 0.25) is 0 Å². The molecule has 4 rings (SSSR count). The lowest BCUT2D eigenvalue weighted by Gasteiger charge is -2.52. The van der Waals surface area contributed by atoms with E-state index in [1.807, 2.05) is 0 Å². The molecule has 2 unspecified atom stereocenters. The maximum atomic E-state index is 4.63. The van der Waals surface area contributed by atoms with Gasteiger partial charge in [-0.2, -0.15) is 0 Å². The zero-order valence-electron chi connectivity index (χ0n) is 16.2. The molecule has 1 aromatic heterocycles. The maximum Gasteiger partial charge on any atom is 0.0961 e. The van der Waals surface area contributed by atoms with E-state index in [9.17, 15) is 0 Å². The van der Waals surface area contributed by atoms with E-state index in [0.717, 1.165) is 23.3 Å². The quantitative estimate of drug-likeness (QED) is 0.593. The highest BCUT2D eigenvalue weighted by atomic mass is 15.1. The Morgan fingerprint density at radius 3 is 2.84 bits per heavy atom. The third-order valence-corrected chi connectivity index (χ3v) is 7.21. The van der Waals surface area contributed by atoms with Crippen LogP contribution in [-0.2, 0) is 0 Å². The number of allylic oxidation sites excluding steroid dienone is 2. The first kappa shape index (κ1) is 16.9. The van der Waals surface area contributed by atoms with Crippen LogP contribution in [0.3, 0.4) is 0 Å². The molecule has 0 amide bonds. The molecule has 2 aliphatic carbocycles. The summed E-state index contributed by atoms with van der Waals surface area (Å²) in [5.41, 5.74) is 4.55. The van der Waals surface area contributed by atoms with E-state index in [0.29, 0.717) is 11.5 Å². The highest BCUT2D eigenvalue weighted by Crippen LogP contribution is 2.57. The van der Waals surface area contributed by atoms with Gasteiger partial charge >= 0.3 is 0 Å². The van der Waals surface area contributed by atoms with Crippen LogP contribution in [0.5, 0.6) is 0 Å². The molecule has 0 aliphatic heterocycles. The number of hydrogen-bond acceptors (Lipinski definition) is 1. The molecule has 2 nitrogen and oxygen atoms in total. The molecule has 25 heavy (non-hydrogen) atoms. The zero-order valence-corrected chi connectivity index (χ0v) is 16.2. The lowest BCUT2D eigenvalue weighted by atomic mass is 9.53. The monoisotopic (exact) mass is 336 g/mol. The van der Waals surface area contributed by atoms with Gasteiger partial charge < -0.3 is 4.57 Å². The van der Waals surface area contributed by atoms with E-state index >= 15 is 0 Å². The van der Waals surface area contributed by atoms with Gasteiger partial charge in [-0.15, -0.1) is 0 Å². The first-order valence-corrected chi connectivity index (χ1v) is 10.2. The Bertz CT molecular complexity index is 784. The highest BCUT2D eigenvalue weighted by molar-refractivity contribution is 5.75. The van der Waals surface area contributed by atoms with E-state index in [2.05, 4.69) is 73.9 Å². The van der Waals surface area contributed by atoms with Gasteiger partial charge in [-0.25, -0.2) is 4.98 Å². The number of rotatable bonds is 3. The first-order valence-electron chi connectivity index (χ1n) is 10.2. The summed E-state index contributed by atoms with van der Waals surface area (Å²) < 4.78 is 2.44. The second-order valence-electron chi connectivity index (χ2n) is 8.86. The molecule has 0 spiro atoms. The molecule has 1 fully saturated rings. The average Bonchev–Trinajstić information content (AvgIpc) is 3.03. The Hall–Kier alpha value is -1.57. The molecule has 1 aromatic carbocycles. The lowest BCUT2D eigenvalue weighted by molar-refractivity contribution is 0.0556. The standard InChI is InChI=1S/C23H32N2/c1-5-17-10-11-18-14-19(12-13-23(18,4)22(17)16(2)3)25-15-24-20-8-6-7-9-21(20)25/h6-9,11,15-17,19,22H,5,10,12-14H2,1-4H3/t17?,19-,22?,23+/m1/s1. The average molecular weight is 337 g/mol. The number of para-hydroxylation sites is 2. The van der Waals surface area contributed by atoms with Crippen molar-refractivity contribution in [2.75, 3.05) is 0 Å². The van der Waals surface area contributed by atoms with E-state index in [1.165, 1.54) is 37.6 Å². The van der Waals surface area contributed by atoms with Crippen LogP contribution < -0.4 is 0 Å². The molecule has 1 heterocycles. The summed E-state index contributed by atoms with van der Waals surface area (Å²) in [5.74, 6) is 2.46. The molecular formula is C23H32N2. The summed E-state index contributed by atoms with van der Waals surface area (Å²) in [4.78, 5) is 4.63. The van der Waals surface area contributed by atoms with Gasteiger partial charge in [-0.05, 0) is 61.0 Å². The van der Waals surface area contributed by atoms with Crippen molar-refractivity contribution in [2.45, 2.75) is 65.8 Å². The Labute approximate surface area is 152 Å². The van der Waals surface area contributed by atoms with Crippen molar-refractivity contribution in [1.82, 2.24) is 9.55 Å². The molecule has 1 saturated carbocycles. The summed E-state index contributed by atoms with van der Waals surface area (Å²) in [6, 6.07) is 9.12. The van der Waals surface area contributed by atoms with Crippen LogP contribution in [0.4, 0.5) is 0 Å². The Morgan fingerprint density at radius 2 is 2.08 bits per heavy atom. The molecule has 0 bridgehead atoms. The predicted molar refractivity (Wildman–Crippen MR) is 106 cm³/mol. The highest BCUT2D eigenvalue weighted by Gasteiger charge is 2.47. The predicted octanol–water partition coefficient (Wildman–Crippen LogP) is 6.40. The maximum absolute atomic E-state index is 4.63. The number of hydrogen-bond donors (Lipinski definition) is 0. The Kier molecular flexibility index (Phi) is 4.25. The zero-order chi connectivity index (χ0) is 17.6. The van der Waals surface area contributed by atoms with Gasteiger partial charge in [0.25, 0.3) is 0 Å². The Balaban J connectivity index is 1.66. The van der Waals surface area contributed by atoms with Gasteiger partial charge in [0.2, 0.25) is 0 Å². The SMILES string of the molecule is CCC1CC=C2C[C@H](n3cnc4ccccc43)CC[C@]2(C)C1C(C)C. The fourth-order valence-corrected chi connectivity index (χ4v) is 6.08. The molecule has 4 atom stereocenters. The van der Waals surface area contributed by atoms with Crippen molar-refractivity contribution in [2.24, 2.45) is 23.2 Å². The minimum Gasteiger partial charge on any atom is -0.327 e. The third-order valence-electron chi connectivity index (χ3n) is 7.21. The third kappa shape index (κ3) is 2.65. The second kappa shape index (κ2) is 6.30. The number of benzene rings is 1. The van der Waals surface area contributed by atoms with E-state index in [-0.39, 0.29) is 0 Å². The molecular weight excluding hydrogens is 304 g/mol. The summed E-state index contributed by atoms with van der Waals surface area (Å²) in [5, 5.41) is 0. The number of fused-ring (bicyclic) bond motifs is 2. The molecule has 0 radical (unpaired) electrons. The molecule has 2 aliphatic rings. The van der Waals surface area contributed by atoms with Gasteiger partial charge in [0.1, 0.15) is 0 Å². The van der Waals surface area contributed by atoms with Crippen LogP contribution in [0.25, 0.3) is 11.0 Å². The summed E-state index contributed by atoms with van der Waals surface area (Å²) in [6.45, 7) is 9.83. The van der Waals surface area contributed by atoms with E-state index in [4.69, 9.17) is 0 Å². The van der Waals surface area contributed by atoms with Crippen molar-refractivity contribution < 1.29 is 0 Å². The summed E-state index contributed by atoms with van der Waals surface area (Å²) in [6.07, 6.45) is 11.1. The van der Waals surface area contributed by atoms with Crippen LogP contribution in [-0.4, -0.2) is 9.55 Å². The summed E-state index contributed by atoms with van der Waals surface area (Å²) >= 11 is 0. The van der Waals surface area contributed by atoms with Crippen molar-refractivity contribution >= 4 is 11.0 Å². The molecule has 2 heteroatoms. The fraction of sp³-hybridized carbons (Fsp3) is 0.609. The van der Waals surface area contributed by atoms with Gasteiger partial charge in [0.15, 0.2) is 0 Å². The van der Waals surface area contributed by atoms with Crippen LogP contribution >= 0.6 is 0 Å². The van der Waals surface area contributed by atoms with Crippen molar-refractivity contribution in [3.05, 3.63) is 42.2 Å². The topological polar surface area (TPSA) is 17.8 Å². The molecule has 0 saturated heterocycles. The van der Waals surface area contributed by atoms with Crippen LogP contribution in [0.15, 0.2) is 42.2 Å². The largest absolute Gasteiger partial charge is 0.327 e. The number of nitrogens with zero attached hydrogens (tertiary/aromatic N) is 2. The van der Waals surface area contributed by atoms with Gasteiger partial charge in [-0.1, -0.05) is 57.9 Å². The van der Waals surface area contributed by atoms with Gasteiger partial charge in [0.05, 0.1) is 17.4 Å². The number of aromatic nitrogens is 2. The first-order chi connectivity index (χ1) is 12.0. The van der Waals surface area contributed by atoms with Crippen molar-refractivity contribution in [3.63, 3.8) is 0 Å². The number of imidazole rings is 1. The van der Waals surface area contributed by atoms with Crippen LogP contribution in [0.1, 0.15) is 65.8 Å². The molecule has 2 aromatic rings. The molecule has 0 N–H and O–H groups in total. The summed E-state index contributed by atoms with van der Waals surface area (Å²) in [7, 11) is 0. The smallest absolute Gasteiger partial charge is 0.0961 e. The normalized spacial score (nSPS) is 32.7. The lowest BCUT2D eigenvalue weighted by Crippen LogP contribution is -2.43. The molecule has 134 valence electrons. The van der Waals surface area contributed by atoms with E-state index in [1.54, 1.807) is 5.57 Å². The fourth-order valence-electron chi connectivity index (χ4n) is 6.08. The van der Waals surface area contributed by atoms with E-state index < -0.39 is 0 Å². The van der Waals surface area contributed by atoms with Crippen molar-refractivity contribution in [3.8, 4) is 0 Å². The van der Waals surface area contributed by atoms with Gasteiger partial charge in [0, 0.05) is 6.04 Å². The van der Waals surface area contributed by atoms with Crippen LogP contribution in [0, 0.1) is 23.2 Å². The minimum absolute atomic E-state index is 0.403. The second-order valence-corrected chi connectivity index (χ2v) is 8.86. The van der Waals surface area contributed by atoms with Crippen molar-refractivity contribution in [1.29, 1.82) is 0 Å². The van der Waals surface area contributed by atoms with Gasteiger partial charge in [-0.3, -0.25) is 0 Å². The Morgan fingerprint density at radius 1 is 1.28 bits per heavy atom. The minimum atomic E-state index is 0.403.